The maximum absolute atomic E-state index is 4.94. The molecule has 1 heterocycles. The van der Waals surface area contributed by atoms with Gasteiger partial charge in [-0.15, -0.1) is 11.3 Å². The molecule has 0 aliphatic carbocycles. The fraction of sp³-hybridized carbons (Fsp3) is 0.500. The Labute approximate surface area is 96.0 Å². The van der Waals surface area contributed by atoms with E-state index in [0.717, 1.165) is 26.1 Å². The summed E-state index contributed by atoms with van der Waals surface area (Å²) in [5.41, 5.74) is 1.31. The standard InChI is InChI=1S/C12H19NOS/c1-11-9-12(10-15-11)5-3-4-6-13-7-8-14-2/h3,5,9-10,13H,4,6-8H2,1-2H3. The van der Waals surface area contributed by atoms with Crippen LogP contribution in [-0.2, 0) is 4.74 Å². The molecule has 1 aromatic heterocycles. The van der Waals surface area contributed by atoms with E-state index < -0.39 is 0 Å². The van der Waals surface area contributed by atoms with Crippen molar-refractivity contribution in [2.24, 2.45) is 0 Å². The molecule has 0 saturated heterocycles. The SMILES string of the molecule is COCCNCCC=Cc1csc(C)c1. The Morgan fingerprint density at radius 3 is 3.00 bits per heavy atom. The highest BCUT2D eigenvalue weighted by Gasteiger charge is 1.90. The van der Waals surface area contributed by atoms with Crippen molar-refractivity contribution >= 4 is 17.4 Å². The quantitative estimate of drug-likeness (QED) is 0.720. The fourth-order valence-corrected chi connectivity index (χ4v) is 1.93. The van der Waals surface area contributed by atoms with Crippen LogP contribution in [0.25, 0.3) is 6.08 Å². The van der Waals surface area contributed by atoms with Crippen molar-refractivity contribution in [2.75, 3.05) is 26.8 Å². The molecule has 0 spiro atoms. The van der Waals surface area contributed by atoms with E-state index in [0.29, 0.717) is 0 Å². The Kier molecular flexibility index (Phi) is 6.32. The van der Waals surface area contributed by atoms with Gasteiger partial charge in [-0.25, -0.2) is 0 Å². The van der Waals surface area contributed by atoms with Gasteiger partial charge < -0.3 is 10.1 Å². The smallest absolute Gasteiger partial charge is 0.0587 e. The van der Waals surface area contributed by atoms with Crippen LogP contribution in [0, 0.1) is 6.92 Å². The molecule has 15 heavy (non-hydrogen) atoms. The van der Waals surface area contributed by atoms with Crippen molar-refractivity contribution in [1.82, 2.24) is 5.32 Å². The topological polar surface area (TPSA) is 21.3 Å². The summed E-state index contributed by atoms with van der Waals surface area (Å²) in [6, 6.07) is 2.21. The van der Waals surface area contributed by atoms with Crippen LogP contribution in [0.4, 0.5) is 0 Å². The normalized spacial score (nSPS) is 11.3. The van der Waals surface area contributed by atoms with Crippen molar-refractivity contribution in [3.8, 4) is 0 Å². The van der Waals surface area contributed by atoms with Crippen molar-refractivity contribution in [3.05, 3.63) is 28.0 Å². The van der Waals surface area contributed by atoms with Crippen molar-refractivity contribution in [2.45, 2.75) is 13.3 Å². The minimum Gasteiger partial charge on any atom is -0.383 e. The van der Waals surface area contributed by atoms with Gasteiger partial charge in [-0.05, 0) is 36.9 Å². The molecule has 1 N–H and O–H groups in total. The fourth-order valence-electron chi connectivity index (χ4n) is 1.26. The van der Waals surface area contributed by atoms with Gasteiger partial charge in [-0.1, -0.05) is 12.2 Å². The summed E-state index contributed by atoms with van der Waals surface area (Å²) in [7, 11) is 1.72. The number of hydrogen-bond donors (Lipinski definition) is 1. The number of methoxy groups -OCH3 is 1. The monoisotopic (exact) mass is 225 g/mol. The molecule has 0 fully saturated rings. The summed E-state index contributed by atoms with van der Waals surface area (Å²) in [6.07, 6.45) is 5.46. The maximum atomic E-state index is 4.94. The van der Waals surface area contributed by atoms with Gasteiger partial charge in [0.2, 0.25) is 0 Å². The Morgan fingerprint density at radius 1 is 1.47 bits per heavy atom. The van der Waals surface area contributed by atoms with E-state index in [4.69, 9.17) is 4.74 Å². The Hall–Kier alpha value is -0.640. The third-order valence-electron chi connectivity index (χ3n) is 2.03. The Bertz CT molecular complexity index is 294. The van der Waals surface area contributed by atoms with E-state index in [1.165, 1.54) is 10.4 Å². The lowest BCUT2D eigenvalue weighted by Crippen LogP contribution is -2.19. The molecular formula is C12H19NOS. The second kappa shape index (κ2) is 7.63. The molecule has 2 nitrogen and oxygen atoms in total. The van der Waals surface area contributed by atoms with E-state index in [2.05, 4.69) is 35.8 Å². The van der Waals surface area contributed by atoms with Crippen molar-refractivity contribution in [3.63, 3.8) is 0 Å². The summed E-state index contributed by atoms with van der Waals surface area (Å²) in [4.78, 5) is 1.37. The number of hydrogen-bond acceptors (Lipinski definition) is 3. The average molecular weight is 225 g/mol. The number of ether oxygens (including phenoxy) is 1. The zero-order valence-electron chi connectivity index (χ0n) is 9.45. The molecule has 0 amide bonds. The van der Waals surface area contributed by atoms with Crippen LogP contribution in [0.15, 0.2) is 17.5 Å². The van der Waals surface area contributed by atoms with E-state index in [-0.39, 0.29) is 0 Å². The minimum atomic E-state index is 0.785. The maximum Gasteiger partial charge on any atom is 0.0587 e. The van der Waals surface area contributed by atoms with Gasteiger partial charge >= 0.3 is 0 Å². The van der Waals surface area contributed by atoms with Gasteiger partial charge in [0.05, 0.1) is 6.61 Å². The van der Waals surface area contributed by atoms with E-state index in [1.54, 1.807) is 18.4 Å². The van der Waals surface area contributed by atoms with Gasteiger partial charge in [0.25, 0.3) is 0 Å². The molecule has 0 aromatic carbocycles. The zero-order valence-corrected chi connectivity index (χ0v) is 10.3. The second-order valence-corrected chi connectivity index (χ2v) is 4.54. The van der Waals surface area contributed by atoms with Crippen LogP contribution < -0.4 is 5.32 Å². The molecular weight excluding hydrogens is 206 g/mol. The Morgan fingerprint density at radius 2 is 2.33 bits per heavy atom. The highest BCUT2D eigenvalue weighted by atomic mass is 32.1. The lowest BCUT2D eigenvalue weighted by atomic mass is 10.2. The Balaban J connectivity index is 2.07. The van der Waals surface area contributed by atoms with Crippen molar-refractivity contribution < 1.29 is 4.74 Å². The summed E-state index contributed by atoms with van der Waals surface area (Å²) >= 11 is 1.80. The summed E-state index contributed by atoms with van der Waals surface area (Å²) in [6.45, 7) is 4.87. The molecule has 84 valence electrons. The summed E-state index contributed by atoms with van der Waals surface area (Å²) < 4.78 is 4.94. The van der Waals surface area contributed by atoms with Gasteiger partial charge in [0.15, 0.2) is 0 Å². The molecule has 0 atom stereocenters. The molecule has 0 aliphatic heterocycles. The number of nitrogens with one attached hydrogen (secondary N) is 1. The first-order valence-corrected chi connectivity index (χ1v) is 6.12. The van der Waals surface area contributed by atoms with Crippen LogP contribution in [0.3, 0.4) is 0 Å². The highest BCUT2D eigenvalue weighted by molar-refractivity contribution is 7.10. The first-order valence-electron chi connectivity index (χ1n) is 5.24. The van der Waals surface area contributed by atoms with Crippen LogP contribution in [0.5, 0.6) is 0 Å². The lowest BCUT2D eigenvalue weighted by molar-refractivity contribution is 0.199. The van der Waals surface area contributed by atoms with Crippen LogP contribution in [0.1, 0.15) is 16.9 Å². The minimum absolute atomic E-state index is 0.785. The molecule has 0 aliphatic rings. The molecule has 0 saturated carbocycles. The molecule has 1 rings (SSSR count). The van der Waals surface area contributed by atoms with Gasteiger partial charge in [-0.3, -0.25) is 0 Å². The molecule has 0 bridgehead atoms. The number of aryl methyl sites for hydroxylation is 1. The van der Waals surface area contributed by atoms with Crippen LogP contribution in [0.2, 0.25) is 0 Å². The van der Waals surface area contributed by atoms with E-state index in [9.17, 15) is 0 Å². The predicted molar refractivity (Wildman–Crippen MR) is 67.5 cm³/mol. The van der Waals surface area contributed by atoms with Crippen LogP contribution in [-0.4, -0.2) is 26.8 Å². The summed E-state index contributed by atoms with van der Waals surface area (Å²) in [5, 5.41) is 5.49. The predicted octanol–water partition coefficient (Wildman–Crippen LogP) is 2.70. The van der Waals surface area contributed by atoms with Crippen molar-refractivity contribution in [1.29, 1.82) is 0 Å². The first-order chi connectivity index (χ1) is 7.33. The number of rotatable bonds is 7. The van der Waals surface area contributed by atoms with Gasteiger partial charge in [0.1, 0.15) is 0 Å². The third kappa shape index (κ3) is 5.72. The largest absolute Gasteiger partial charge is 0.383 e. The van der Waals surface area contributed by atoms with Crippen LogP contribution >= 0.6 is 11.3 Å². The molecule has 0 unspecified atom stereocenters. The lowest BCUT2D eigenvalue weighted by Gasteiger charge is -2.00. The molecule has 0 radical (unpaired) electrons. The van der Waals surface area contributed by atoms with Gasteiger partial charge in [0, 0.05) is 18.5 Å². The second-order valence-electron chi connectivity index (χ2n) is 3.42. The van der Waals surface area contributed by atoms with E-state index >= 15 is 0 Å². The third-order valence-corrected chi connectivity index (χ3v) is 2.91. The number of thiophene rings is 1. The first kappa shape index (κ1) is 12.4. The van der Waals surface area contributed by atoms with Gasteiger partial charge in [-0.2, -0.15) is 0 Å². The summed E-state index contributed by atoms with van der Waals surface area (Å²) in [5.74, 6) is 0. The average Bonchev–Trinajstić information content (AvgIpc) is 2.63. The van der Waals surface area contributed by atoms with E-state index in [1.807, 2.05) is 0 Å². The molecule has 1 aromatic rings. The zero-order chi connectivity index (χ0) is 10.9. The highest BCUT2D eigenvalue weighted by Crippen LogP contribution is 2.14. The molecule has 3 heteroatoms.